The Bertz CT molecular complexity index is 2020. The molecule has 0 saturated heterocycles. The van der Waals surface area contributed by atoms with Crippen molar-refractivity contribution in [2.45, 2.75) is 44.9 Å². The van der Waals surface area contributed by atoms with E-state index < -0.39 is 22.4 Å². The number of carbonyl (C=O) groups is 1. The minimum absolute atomic E-state index is 0.0340. The number of aliphatic carboxylic acids is 1. The molecular weight excluding hydrogens is 596 g/mol. The van der Waals surface area contributed by atoms with E-state index in [0.29, 0.717) is 33.5 Å². The molecule has 234 valence electrons. The van der Waals surface area contributed by atoms with E-state index in [2.05, 4.69) is 56.9 Å². The van der Waals surface area contributed by atoms with E-state index in [1.54, 1.807) is 37.3 Å². The van der Waals surface area contributed by atoms with Crippen LogP contribution >= 0.6 is 0 Å². The monoisotopic (exact) mass is 632 g/mol. The number of carboxylic acids is 1. The standard InChI is InChI=1S/C39H36O6S/c1-26-22-34(17-18-36(26)45-25-38(40)41)44-21-20-35(31-13-15-33(16-14-31)39(3,4)5)30-11-8-28(9-12-30)6-7-29-10-19-37-32(24-29)23-27(2)46(37,42)43/h8-20,22-24H,21,25H2,1-5H3,(H,40,41)/b35-20+. The lowest BCUT2D eigenvalue weighted by Gasteiger charge is -2.19. The van der Waals surface area contributed by atoms with E-state index in [4.69, 9.17) is 14.6 Å². The third kappa shape index (κ3) is 7.42. The molecule has 0 bridgehead atoms. The van der Waals surface area contributed by atoms with Crippen LogP contribution in [0.3, 0.4) is 0 Å². The van der Waals surface area contributed by atoms with Crippen LogP contribution in [0.25, 0.3) is 11.6 Å². The lowest BCUT2D eigenvalue weighted by molar-refractivity contribution is -0.139. The number of ether oxygens (including phenoxy) is 2. The molecule has 1 aliphatic heterocycles. The van der Waals surface area contributed by atoms with E-state index in [9.17, 15) is 13.2 Å². The minimum Gasteiger partial charge on any atom is -0.489 e. The first-order valence-corrected chi connectivity index (χ1v) is 16.4. The largest absolute Gasteiger partial charge is 0.489 e. The normalized spacial score (nSPS) is 13.7. The van der Waals surface area contributed by atoms with Gasteiger partial charge in [-0.15, -0.1) is 0 Å². The molecule has 7 heteroatoms. The first-order chi connectivity index (χ1) is 21.8. The van der Waals surface area contributed by atoms with Crippen LogP contribution in [0.5, 0.6) is 11.5 Å². The number of sulfone groups is 1. The number of fused-ring (bicyclic) bond motifs is 1. The lowest BCUT2D eigenvalue weighted by atomic mass is 9.85. The molecule has 1 aliphatic rings. The van der Waals surface area contributed by atoms with Crippen molar-refractivity contribution >= 4 is 27.5 Å². The fourth-order valence-electron chi connectivity index (χ4n) is 5.12. The van der Waals surface area contributed by atoms with E-state index in [-0.39, 0.29) is 5.41 Å². The molecule has 0 fully saturated rings. The number of carboxylic acid groups (broad SMARTS) is 1. The third-order valence-corrected chi connectivity index (χ3v) is 9.64. The van der Waals surface area contributed by atoms with Gasteiger partial charge in [-0.25, -0.2) is 13.2 Å². The summed E-state index contributed by atoms with van der Waals surface area (Å²) in [6, 6.07) is 27.1. The maximum atomic E-state index is 12.4. The van der Waals surface area contributed by atoms with Crippen LogP contribution in [0.1, 0.15) is 66.6 Å². The maximum absolute atomic E-state index is 12.4. The molecule has 0 spiro atoms. The predicted molar refractivity (Wildman–Crippen MR) is 182 cm³/mol. The molecule has 4 aromatic carbocycles. The summed E-state index contributed by atoms with van der Waals surface area (Å²) >= 11 is 0. The Morgan fingerprint density at radius 2 is 1.46 bits per heavy atom. The van der Waals surface area contributed by atoms with Crippen LogP contribution in [0.4, 0.5) is 0 Å². The van der Waals surface area contributed by atoms with Crippen molar-refractivity contribution in [1.82, 2.24) is 0 Å². The SMILES string of the molecule is CC1=Cc2cc(C#Cc3ccc(/C(=C\COc4ccc(OCC(=O)O)c(C)c4)c4ccc(C(C)(C)C)cc4)cc3)ccc2S1(=O)=O. The van der Waals surface area contributed by atoms with Gasteiger partial charge in [0.25, 0.3) is 0 Å². The van der Waals surface area contributed by atoms with Gasteiger partial charge in [-0.1, -0.05) is 69.0 Å². The molecule has 0 amide bonds. The van der Waals surface area contributed by atoms with Gasteiger partial charge in [0.05, 0.1) is 4.90 Å². The Hall–Kier alpha value is -5.06. The third-order valence-electron chi connectivity index (χ3n) is 7.73. The molecule has 6 nitrogen and oxygen atoms in total. The molecule has 46 heavy (non-hydrogen) atoms. The lowest BCUT2D eigenvalue weighted by Crippen LogP contribution is -2.10. The van der Waals surface area contributed by atoms with E-state index in [1.807, 2.05) is 49.4 Å². The number of hydrogen-bond acceptors (Lipinski definition) is 5. The molecule has 1 N–H and O–H groups in total. The second-order valence-corrected chi connectivity index (χ2v) is 14.3. The molecule has 0 aliphatic carbocycles. The van der Waals surface area contributed by atoms with Crippen LogP contribution < -0.4 is 9.47 Å². The Morgan fingerprint density at radius 3 is 2.09 bits per heavy atom. The quantitative estimate of drug-likeness (QED) is 0.199. The zero-order valence-corrected chi connectivity index (χ0v) is 27.4. The molecule has 0 aromatic heterocycles. The summed E-state index contributed by atoms with van der Waals surface area (Å²) in [4.78, 5) is 11.5. The number of benzene rings is 4. The second kappa shape index (κ2) is 13.1. The Morgan fingerprint density at radius 1 is 0.826 bits per heavy atom. The molecule has 1 heterocycles. The summed E-state index contributed by atoms with van der Waals surface area (Å²) in [5, 5.41) is 8.89. The molecule has 0 saturated carbocycles. The van der Waals surface area contributed by atoms with Gasteiger partial charge in [-0.05, 0) is 113 Å². The van der Waals surface area contributed by atoms with Crippen molar-refractivity contribution in [2.75, 3.05) is 13.2 Å². The van der Waals surface area contributed by atoms with Crippen molar-refractivity contribution in [3.63, 3.8) is 0 Å². The molecule has 0 atom stereocenters. The van der Waals surface area contributed by atoms with Gasteiger partial charge in [-0.2, -0.15) is 0 Å². The first-order valence-electron chi connectivity index (χ1n) is 14.9. The zero-order valence-electron chi connectivity index (χ0n) is 26.5. The van der Waals surface area contributed by atoms with Gasteiger partial charge in [0, 0.05) is 16.0 Å². The number of allylic oxidation sites excluding steroid dienone is 1. The smallest absolute Gasteiger partial charge is 0.341 e. The summed E-state index contributed by atoms with van der Waals surface area (Å²) in [5.41, 5.74) is 7.40. The highest BCUT2D eigenvalue weighted by Gasteiger charge is 2.26. The molecule has 4 aromatic rings. The Kier molecular flexibility index (Phi) is 9.22. The predicted octanol–water partition coefficient (Wildman–Crippen LogP) is 7.81. The van der Waals surface area contributed by atoms with Crippen LogP contribution in [-0.4, -0.2) is 32.7 Å². The van der Waals surface area contributed by atoms with Gasteiger partial charge >= 0.3 is 5.97 Å². The van der Waals surface area contributed by atoms with Gasteiger partial charge in [0.2, 0.25) is 9.84 Å². The van der Waals surface area contributed by atoms with Crippen molar-refractivity contribution in [1.29, 1.82) is 0 Å². The average molecular weight is 633 g/mol. The molecule has 0 radical (unpaired) electrons. The van der Waals surface area contributed by atoms with Crippen LogP contribution in [0.15, 0.2) is 101 Å². The highest BCUT2D eigenvalue weighted by Crippen LogP contribution is 2.33. The van der Waals surface area contributed by atoms with Gasteiger partial charge in [0.1, 0.15) is 18.1 Å². The van der Waals surface area contributed by atoms with E-state index in [0.717, 1.165) is 33.4 Å². The average Bonchev–Trinajstić information content (AvgIpc) is 3.24. The molecular formula is C39H36O6S. The van der Waals surface area contributed by atoms with Crippen molar-refractivity contribution < 1.29 is 27.8 Å². The van der Waals surface area contributed by atoms with Crippen LogP contribution in [0.2, 0.25) is 0 Å². The van der Waals surface area contributed by atoms with Gasteiger partial charge in [-0.3, -0.25) is 0 Å². The van der Waals surface area contributed by atoms with Gasteiger partial charge < -0.3 is 14.6 Å². The summed E-state index contributed by atoms with van der Waals surface area (Å²) in [7, 11) is -3.37. The second-order valence-electron chi connectivity index (χ2n) is 12.2. The first kappa shape index (κ1) is 32.3. The highest BCUT2D eigenvalue weighted by atomic mass is 32.2. The topological polar surface area (TPSA) is 89.9 Å². The summed E-state index contributed by atoms with van der Waals surface area (Å²) in [6.45, 7) is 9.94. The minimum atomic E-state index is -3.37. The van der Waals surface area contributed by atoms with Crippen LogP contribution in [0, 0.1) is 18.8 Å². The zero-order chi connectivity index (χ0) is 33.1. The van der Waals surface area contributed by atoms with Crippen molar-refractivity contribution in [3.05, 3.63) is 135 Å². The number of aryl methyl sites for hydroxylation is 1. The van der Waals surface area contributed by atoms with Crippen LogP contribution in [-0.2, 0) is 20.0 Å². The van der Waals surface area contributed by atoms with Crippen molar-refractivity contribution in [2.24, 2.45) is 0 Å². The molecule has 0 unspecified atom stereocenters. The number of hydrogen-bond donors (Lipinski definition) is 1. The summed E-state index contributed by atoms with van der Waals surface area (Å²) in [5.74, 6) is 6.49. The molecule has 5 rings (SSSR count). The summed E-state index contributed by atoms with van der Waals surface area (Å²) < 4.78 is 36.2. The Labute approximate surface area is 270 Å². The summed E-state index contributed by atoms with van der Waals surface area (Å²) in [6.07, 6.45) is 3.73. The van der Waals surface area contributed by atoms with E-state index >= 15 is 0 Å². The van der Waals surface area contributed by atoms with Gasteiger partial charge in [0.15, 0.2) is 6.61 Å². The van der Waals surface area contributed by atoms with Crippen molar-refractivity contribution in [3.8, 4) is 23.3 Å². The number of rotatable bonds is 8. The Balaban J connectivity index is 1.38. The maximum Gasteiger partial charge on any atom is 0.341 e. The fraction of sp³-hybridized carbons (Fsp3) is 0.205. The fourth-order valence-corrected chi connectivity index (χ4v) is 6.42. The van der Waals surface area contributed by atoms with E-state index in [1.165, 1.54) is 5.56 Å². The highest BCUT2D eigenvalue weighted by molar-refractivity contribution is 7.95.